The lowest BCUT2D eigenvalue weighted by Crippen LogP contribution is -2.43. The van der Waals surface area contributed by atoms with Crippen molar-refractivity contribution in [1.29, 1.82) is 0 Å². The lowest BCUT2D eigenvalue weighted by molar-refractivity contribution is 0.0946. The van der Waals surface area contributed by atoms with Gasteiger partial charge < -0.3 is 9.73 Å². The zero-order valence-electron chi connectivity index (χ0n) is 15.9. The zero-order chi connectivity index (χ0) is 21.1. The number of aromatic nitrogens is 1. The van der Waals surface area contributed by atoms with Crippen LogP contribution in [0.1, 0.15) is 15.9 Å². The first-order valence-electron chi connectivity index (χ1n) is 9.08. The number of hydrogen-bond donors (Lipinski definition) is 3. The molecule has 0 bridgehead atoms. The summed E-state index contributed by atoms with van der Waals surface area (Å²) in [5, 5.41) is 3.63. The van der Waals surface area contributed by atoms with Gasteiger partial charge in [0.15, 0.2) is 10.9 Å². The highest BCUT2D eigenvalue weighted by atomic mass is 32.1. The maximum atomic E-state index is 13.7. The molecule has 0 spiro atoms. The number of para-hydroxylation sites is 1. The first kappa shape index (κ1) is 19.5. The van der Waals surface area contributed by atoms with Gasteiger partial charge in [-0.1, -0.05) is 24.3 Å². The Morgan fingerprint density at radius 3 is 2.67 bits per heavy atom. The Hall–Kier alpha value is -3.78. The minimum absolute atomic E-state index is 0.122. The Balaban J connectivity index is 1.52. The number of carbonyl (C=O) groups is 1. The number of furan rings is 1. The summed E-state index contributed by atoms with van der Waals surface area (Å²) in [6.07, 6.45) is 1.55. The molecule has 8 heteroatoms. The van der Waals surface area contributed by atoms with E-state index in [0.29, 0.717) is 39.2 Å². The smallest absolute Gasteiger partial charge is 0.270 e. The molecule has 0 aliphatic rings. The lowest BCUT2D eigenvalue weighted by atomic mass is 10.1. The van der Waals surface area contributed by atoms with Crippen LogP contribution in [0.25, 0.3) is 22.4 Å². The molecule has 0 fully saturated rings. The second kappa shape index (κ2) is 8.30. The summed E-state index contributed by atoms with van der Waals surface area (Å²) in [5.41, 5.74) is 7.81. The Kier molecular flexibility index (Phi) is 5.40. The van der Waals surface area contributed by atoms with Crippen LogP contribution in [-0.4, -0.2) is 16.0 Å². The van der Waals surface area contributed by atoms with Crippen LogP contribution in [0, 0.1) is 12.7 Å². The van der Waals surface area contributed by atoms with E-state index in [1.807, 2.05) is 24.3 Å². The van der Waals surface area contributed by atoms with Crippen molar-refractivity contribution < 1.29 is 13.6 Å². The molecule has 0 atom stereocenters. The van der Waals surface area contributed by atoms with Crippen molar-refractivity contribution in [3.63, 3.8) is 0 Å². The molecule has 0 unspecified atom stereocenters. The summed E-state index contributed by atoms with van der Waals surface area (Å²) < 4.78 is 19.1. The van der Waals surface area contributed by atoms with Gasteiger partial charge in [-0.3, -0.25) is 15.6 Å². The van der Waals surface area contributed by atoms with Crippen molar-refractivity contribution in [2.75, 3.05) is 5.32 Å². The van der Waals surface area contributed by atoms with E-state index < -0.39 is 5.91 Å². The third-order valence-corrected chi connectivity index (χ3v) is 4.66. The number of pyridine rings is 1. The van der Waals surface area contributed by atoms with E-state index in [4.69, 9.17) is 16.6 Å². The number of benzene rings is 2. The lowest BCUT2D eigenvalue weighted by Gasteiger charge is -2.13. The van der Waals surface area contributed by atoms with Gasteiger partial charge in [0.1, 0.15) is 11.5 Å². The number of rotatable bonds is 3. The van der Waals surface area contributed by atoms with Crippen molar-refractivity contribution in [3.8, 4) is 11.5 Å². The van der Waals surface area contributed by atoms with E-state index in [-0.39, 0.29) is 10.9 Å². The minimum Gasteiger partial charge on any atom is -0.463 e. The molecule has 0 radical (unpaired) electrons. The second-order valence-electron chi connectivity index (χ2n) is 6.55. The quantitative estimate of drug-likeness (QED) is 0.333. The summed E-state index contributed by atoms with van der Waals surface area (Å²) in [7, 11) is 0. The topological polar surface area (TPSA) is 79.2 Å². The van der Waals surface area contributed by atoms with Crippen LogP contribution < -0.4 is 16.2 Å². The van der Waals surface area contributed by atoms with Gasteiger partial charge in [0.05, 0.1) is 17.3 Å². The first-order chi connectivity index (χ1) is 14.5. The standard InChI is InChI=1S/C22H17FN4O2S/c1-13-8-9-14(11-17(13)23)24-22(30)27-26-21(28)16-12-19(20-7-4-10-29-20)25-18-6-3-2-5-15(16)18/h2-12H,1H3,(H,26,28)(H2,24,27,30). The highest BCUT2D eigenvalue weighted by Gasteiger charge is 2.15. The zero-order valence-corrected chi connectivity index (χ0v) is 16.7. The van der Waals surface area contributed by atoms with E-state index in [9.17, 15) is 9.18 Å². The fourth-order valence-corrected chi connectivity index (χ4v) is 3.10. The molecule has 1 amide bonds. The van der Waals surface area contributed by atoms with Gasteiger partial charge in [0.2, 0.25) is 0 Å². The van der Waals surface area contributed by atoms with Crippen molar-refractivity contribution in [1.82, 2.24) is 15.8 Å². The van der Waals surface area contributed by atoms with E-state index in [1.165, 1.54) is 6.07 Å². The molecule has 150 valence electrons. The van der Waals surface area contributed by atoms with Crippen LogP contribution in [0.4, 0.5) is 10.1 Å². The van der Waals surface area contributed by atoms with E-state index in [1.54, 1.807) is 43.5 Å². The molecule has 0 aliphatic heterocycles. The Morgan fingerprint density at radius 1 is 1.07 bits per heavy atom. The number of fused-ring (bicyclic) bond motifs is 1. The highest BCUT2D eigenvalue weighted by molar-refractivity contribution is 7.80. The summed E-state index contributed by atoms with van der Waals surface area (Å²) in [6.45, 7) is 1.67. The second-order valence-corrected chi connectivity index (χ2v) is 6.95. The molecule has 4 rings (SSSR count). The van der Waals surface area contributed by atoms with Crippen molar-refractivity contribution in [2.45, 2.75) is 6.92 Å². The highest BCUT2D eigenvalue weighted by Crippen LogP contribution is 2.25. The van der Waals surface area contributed by atoms with Gasteiger partial charge in [-0.25, -0.2) is 9.37 Å². The van der Waals surface area contributed by atoms with Crippen LogP contribution in [-0.2, 0) is 0 Å². The molecule has 3 N–H and O–H groups in total. The molecule has 2 aromatic heterocycles. The van der Waals surface area contributed by atoms with Crippen LogP contribution in [0.2, 0.25) is 0 Å². The van der Waals surface area contributed by atoms with E-state index in [2.05, 4.69) is 21.2 Å². The van der Waals surface area contributed by atoms with Crippen molar-refractivity contribution in [2.24, 2.45) is 0 Å². The monoisotopic (exact) mass is 420 g/mol. The molecule has 6 nitrogen and oxygen atoms in total. The number of hydrogen-bond acceptors (Lipinski definition) is 4. The van der Waals surface area contributed by atoms with Gasteiger partial charge >= 0.3 is 0 Å². The number of nitrogens with one attached hydrogen (secondary N) is 3. The van der Waals surface area contributed by atoms with Crippen LogP contribution in [0.5, 0.6) is 0 Å². The number of thiocarbonyl (C=S) groups is 1. The predicted molar refractivity (Wildman–Crippen MR) is 117 cm³/mol. The molecule has 0 saturated heterocycles. The fourth-order valence-electron chi connectivity index (χ4n) is 2.93. The fraction of sp³-hybridized carbons (Fsp3) is 0.0455. The molecule has 30 heavy (non-hydrogen) atoms. The third-order valence-electron chi connectivity index (χ3n) is 4.45. The number of carbonyl (C=O) groups excluding carboxylic acids is 1. The molecule has 0 aliphatic carbocycles. The van der Waals surface area contributed by atoms with E-state index >= 15 is 0 Å². The van der Waals surface area contributed by atoms with Crippen LogP contribution in [0.15, 0.2) is 71.3 Å². The van der Waals surface area contributed by atoms with Gasteiger partial charge in [-0.15, -0.1) is 0 Å². The molecular weight excluding hydrogens is 403 g/mol. The van der Waals surface area contributed by atoms with E-state index in [0.717, 1.165) is 0 Å². The molecule has 4 aromatic rings. The first-order valence-corrected chi connectivity index (χ1v) is 9.49. The van der Waals surface area contributed by atoms with Crippen molar-refractivity contribution >= 4 is 39.8 Å². The number of aryl methyl sites for hydroxylation is 1. The van der Waals surface area contributed by atoms with Gasteiger partial charge in [-0.05, 0) is 61.1 Å². The predicted octanol–water partition coefficient (Wildman–Crippen LogP) is 4.57. The van der Waals surface area contributed by atoms with Gasteiger partial charge in [-0.2, -0.15) is 0 Å². The average Bonchev–Trinajstić information content (AvgIpc) is 3.29. The Bertz CT molecular complexity index is 1240. The van der Waals surface area contributed by atoms with Gasteiger partial charge in [0.25, 0.3) is 5.91 Å². The van der Waals surface area contributed by atoms with Crippen molar-refractivity contribution in [3.05, 3.63) is 83.9 Å². The SMILES string of the molecule is Cc1ccc(NC(=S)NNC(=O)c2cc(-c3ccco3)nc3ccccc23)cc1F. The number of nitrogens with zero attached hydrogens (tertiary/aromatic N) is 1. The number of halogens is 1. The Morgan fingerprint density at radius 2 is 1.90 bits per heavy atom. The molecule has 0 saturated carbocycles. The molecule has 2 heterocycles. The summed E-state index contributed by atoms with van der Waals surface area (Å²) in [5.74, 6) is -0.192. The summed E-state index contributed by atoms with van der Waals surface area (Å²) in [6, 6.07) is 17.2. The maximum Gasteiger partial charge on any atom is 0.270 e. The number of anilines is 1. The number of hydrazine groups is 1. The normalized spacial score (nSPS) is 10.6. The molecule has 2 aromatic carbocycles. The maximum absolute atomic E-state index is 13.7. The summed E-state index contributed by atoms with van der Waals surface area (Å²) in [4.78, 5) is 17.4. The summed E-state index contributed by atoms with van der Waals surface area (Å²) >= 11 is 5.18. The van der Waals surface area contributed by atoms with Crippen LogP contribution in [0.3, 0.4) is 0 Å². The third kappa shape index (κ3) is 4.13. The number of amides is 1. The largest absolute Gasteiger partial charge is 0.463 e. The molecular formula is C22H17FN4O2S. The minimum atomic E-state index is -0.402. The Labute approximate surface area is 177 Å². The van der Waals surface area contributed by atoms with Gasteiger partial charge in [0, 0.05) is 11.1 Å². The van der Waals surface area contributed by atoms with Crippen LogP contribution >= 0.6 is 12.2 Å². The average molecular weight is 420 g/mol.